The Morgan fingerprint density at radius 2 is 1.55 bits per heavy atom. The zero-order valence-electron chi connectivity index (χ0n) is 22.7. The fraction of sp³-hybridized carbons (Fsp3) is 0.481. The molecule has 2 atom stereocenters. The number of rotatable bonds is 8. The third-order valence-corrected chi connectivity index (χ3v) is 6.40. The van der Waals surface area contributed by atoms with Crippen molar-refractivity contribution >= 4 is 17.7 Å². The van der Waals surface area contributed by atoms with Crippen molar-refractivity contribution in [1.29, 1.82) is 0 Å². The quantitative estimate of drug-likeness (QED) is 0.282. The minimum atomic E-state index is -5.14. The van der Waals surface area contributed by atoms with Gasteiger partial charge in [0.1, 0.15) is 11.9 Å². The van der Waals surface area contributed by atoms with Crippen molar-refractivity contribution in [1.82, 2.24) is 4.90 Å². The first-order chi connectivity index (χ1) is 19.2. The average molecular weight is 615 g/mol. The summed E-state index contributed by atoms with van der Waals surface area (Å²) in [7, 11) is 0. The fourth-order valence-electron chi connectivity index (χ4n) is 4.53. The highest BCUT2D eigenvalue weighted by Gasteiger charge is 2.43. The van der Waals surface area contributed by atoms with Gasteiger partial charge >= 0.3 is 24.8 Å². The summed E-state index contributed by atoms with van der Waals surface area (Å²) in [4.78, 5) is 27.9. The molecule has 232 valence electrons. The Kier molecular flexibility index (Phi) is 9.32. The lowest BCUT2D eigenvalue weighted by Crippen LogP contribution is -2.36. The van der Waals surface area contributed by atoms with E-state index in [4.69, 9.17) is 4.74 Å². The summed E-state index contributed by atoms with van der Waals surface area (Å²) < 4.78 is 129. The monoisotopic (exact) mass is 614 g/mol. The molecule has 1 saturated heterocycles. The van der Waals surface area contributed by atoms with Gasteiger partial charge in [0.15, 0.2) is 0 Å². The van der Waals surface area contributed by atoms with Crippen LogP contribution in [0.4, 0.5) is 50.0 Å². The van der Waals surface area contributed by atoms with Crippen molar-refractivity contribution in [3.8, 4) is 5.75 Å². The Morgan fingerprint density at radius 3 is 2.02 bits per heavy atom. The van der Waals surface area contributed by atoms with Gasteiger partial charge < -0.3 is 14.4 Å². The van der Waals surface area contributed by atoms with E-state index >= 15 is 0 Å². The van der Waals surface area contributed by atoms with Crippen LogP contribution >= 0.6 is 0 Å². The number of ether oxygens (including phenoxy) is 2. The van der Waals surface area contributed by atoms with Crippen molar-refractivity contribution in [3.05, 3.63) is 58.7 Å². The molecule has 0 aromatic heterocycles. The summed E-state index contributed by atoms with van der Waals surface area (Å²) in [6, 6.07) is 2.81. The molecule has 0 saturated carbocycles. The van der Waals surface area contributed by atoms with Crippen LogP contribution in [0.15, 0.2) is 36.4 Å². The third-order valence-electron chi connectivity index (χ3n) is 6.40. The summed E-state index contributed by atoms with van der Waals surface area (Å²) >= 11 is 0. The number of carbonyl (C=O) groups is 2. The Hall–Kier alpha value is -3.65. The SMILES string of the molecule is CCC(=O)N(CC(C)C)c1ccc(OC(F)(F)F)cc1CN1C(=O)O[C@H](c2cc(C(F)(F)F)cc(C(F)(F)F)c2)[C@@H]1C. The van der Waals surface area contributed by atoms with Crippen LogP contribution in [0.25, 0.3) is 0 Å². The fourth-order valence-corrected chi connectivity index (χ4v) is 4.53. The molecule has 0 bridgehead atoms. The first-order valence-electron chi connectivity index (χ1n) is 12.7. The molecular formula is C27H27F9N2O4. The zero-order valence-corrected chi connectivity index (χ0v) is 22.7. The van der Waals surface area contributed by atoms with Gasteiger partial charge in [0, 0.05) is 18.7 Å². The number of anilines is 1. The van der Waals surface area contributed by atoms with Crippen molar-refractivity contribution in [2.75, 3.05) is 11.4 Å². The highest BCUT2D eigenvalue weighted by molar-refractivity contribution is 5.94. The Labute approximate surface area is 235 Å². The second kappa shape index (κ2) is 11.9. The number of carbonyl (C=O) groups excluding carboxylic acids is 2. The molecule has 1 aliphatic rings. The lowest BCUT2D eigenvalue weighted by atomic mass is 9.97. The topological polar surface area (TPSA) is 59.1 Å². The van der Waals surface area contributed by atoms with E-state index in [1.807, 2.05) is 0 Å². The number of alkyl halides is 9. The number of benzene rings is 2. The van der Waals surface area contributed by atoms with E-state index in [0.717, 1.165) is 17.0 Å². The van der Waals surface area contributed by atoms with E-state index in [1.165, 1.54) is 17.9 Å². The second-order valence-electron chi connectivity index (χ2n) is 10.1. The summed E-state index contributed by atoms with van der Waals surface area (Å²) in [5.74, 6) is -1.13. The highest BCUT2D eigenvalue weighted by atomic mass is 19.4. The highest BCUT2D eigenvalue weighted by Crippen LogP contribution is 2.42. The van der Waals surface area contributed by atoms with Gasteiger partial charge in [-0.15, -0.1) is 13.2 Å². The Morgan fingerprint density at radius 1 is 0.976 bits per heavy atom. The molecule has 2 amide bonds. The van der Waals surface area contributed by atoms with Gasteiger partial charge in [-0.3, -0.25) is 9.69 Å². The average Bonchev–Trinajstić information content (AvgIpc) is 3.13. The standard InChI is InChI=1S/C27H27F9N2O4/c1-5-22(39)38(12-14(2)3)21-7-6-20(42-27(34,35)36)10-17(21)13-37-15(4)23(41-24(37)40)16-8-18(25(28,29)30)11-19(9-16)26(31,32)33/h6-11,14-15,23H,5,12-13H2,1-4H3/t15-,23-/m0/s1. The van der Waals surface area contributed by atoms with Gasteiger partial charge in [0.2, 0.25) is 5.91 Å². The van der Waals surface area contributed by atoms with Crippen LogP contribution in [0.1, 0.15) is 62.5 Å². The van der Waals surface area contributed by atoms with Crippen molar-refractivity contribution < 1.29 is 58.6 Å². The smallest absolute Gasteiger partial charge is 0.439 e. The number of amides is 2. The number of halogens is 9. The number of hydrogen-bond acceptors (Lipinski definition) is 4. The van der Waals surface area contributed by atoms with Crippen LogP contribution in [0, 0.1) is 5.92 Å². The molecule has 0 unspecified atom stereocenters. The van der Waals surface area contributed by atoms with Crippen LogP contribution < -0.4 is 9.64 Å². The predicted molar refractivity (Wildman–Crippen MR) is 131 cm³/mol. The predicted octanol–water partition coefficient (Wildman–Crippen LogP) is 8.10. The summed E-state index contributed by atoms with van der Waals surface area (Å²) in [5, 5.41) is 0. The molecule has 42 heavy (non-hydrogen) atoms. The molecule has 0 aliphatic carbocycles. The van der Waals surface area contributed by atoms with Crippen LogP contribution in [-0.4, -0.2) is 35.8 Å². The maximum atomic E-state index is 13.4. The Balaban J connectivity index is 2.06. The van der Waals surface area contributed by atoms with E-state index in [9.17, 15) is 49.1 Å². The van der Waals surface area contributed by atoms with Gasteiger partial charge in [0.05, 0.1) is 23.7 Å². The van der Waals surface area contributed by atoms with Gasteiger partial charge in [-0.2, -0.15) is 26.3 Å². The summed E-state index contributed by atoms with van der Waals surface area (Å²) in [6.45, 7) is 6.13. The van der Waals surface area contributed by atoms with Crippen LogP contribution in [0.2, 0.25) is 0 Å². The normalized spacial score (nSPS) is 18.0. The molecule has 1 aliphatic heterocycles. The number of nitrogens with zero attached hydrogens (tertiary/aromatic N) is 2. The lowest BCUT2D eigenvalue weighted by molar-refractivity contribution is -0.274. The molecule has 1 heterocycles. The second-order valence-corrected chi connectivity index (χ2v) is 10.1. The number of cyclic esters (lactones) is 1. The minimum absolute atomic E-state index is 0.00340. The molecule has 2 aromatic carbocycles. The number of hydrogen-bond donors (Lipinski definition) is 0. The van der Waals surface area contributed by atoms with Crippen molar-refractivity contribution in [3.63, 3.8) is 0 Å². The van der Waals surface area contributed by atoms with E-state index in [0.29, 0.717) is 12.1 Å². The molecule has 0 N–H and O–H groups in total. The molecule has 0 spiro atoms. The van der Waals surface area contributed by atoms with E-state index < -0.39 is 65.9 Å². The molecule has 6 nitrogen and oxygen atoms in total. The van der Waals surface area contributed by atoms with Crippen molar-refractivity contribution in [2.24, 2.45) is 5.92 Å². The van der Waals surface area contributed by atoms with Gasteiger partial charge in [-0.1, -0.05) is 20.8 Å². The molecule has 2 aromatic rings. The van der Waals surface area contributed by atoms with Crippen LogP contribution in [0.3, 0.4) is 0 Å². The van der Waals surface area contributed by atoms with E-state index in [-0.39, 0.29) is 42.1 Å². The van der Waals surface area contributed by atoms with Crippen LogP contribution in [-0.2, 0) is 28.4 Å². The maximum absolute atomic E-state index is 13.4. The van der Waals surface area contributed by atoms with Gasteiger partial charge in [-0.05, 0) is 60.4 Å². The third kappa shape index (κ3) is 7.79. The van der Waals surface area contributed by atoms with E-state index in [2.05, 4.69) is 4.74 Å². The van der Waals surface area contributed by atoms with Crippen LogP contribution in [0.5, 0.6) is 5.75 Å². The first-order valence-corrected chi connectivity index (χ1v) is 12.7. The zero-order chi connectivity index (χ0) is 31.8. The van der Waals surface area contributed by atoms with Crippen molar-refractivity contribution in [2.45, 2.75) is 71.5 Å². The minimum Gasteiger partial charge on any atom is -0.439 e. The molecular weight excluding hydrogens is 587 g/mol. The molecule has 0 radical (unpaired) electrons. The maximum Gasteiger partial charge on any atom is 0.573 e. The van der Waals surface area contributed by atoms with Gasteiger partial charge in [0.25, 0.3) is 0 Å². The summed E-state index contributed by atoms with van der Waals surface area (Å²) in [5.41, 5.74) is -3.63. The Bertz CT molecular complexity index is 1270. The lowest BCUT2D eigenvalue weighted by Gasteiger charge is -2.29. The molecule has 1 fully saturated rings. The molecule has 3 rings (SSSR count). The largest absolute Gasteiger partial charge is 0.573 e. The molecule has 15 heteroatoms. The van der Waals surface area contributed by atoms with E-state index in [1.54, 1.807) is 20.8 Å². The summed E-state index contributed by atoms with van der Waals surface area (Å²) in [6.07, 6.45) is -18.0. The van der Waals surface area contributed by atoms with Gasteiger partial charge in [-0.25, -0.2) is 4.79 Å². The first kappa shape index (κ1) is 32.9.